The van der Waals surface area contributed by atoms with Crippen molar-refractivity contribution in [2.24, 2.45) is 30.7 Å². The molecule has 2 aliphatic carbocycles. The number of hydrogen-bond donors (Lipinski definition) is 3. The first-order valence-electron chi connectivity index (χ1n) is 12.9. The summed E-state index contributed by atoms with van der Waals surface area (Å²) in [6.07, 6.45) is 5.78. The minimum absolute atomic E-state index is 0.0456. The van der Waals surface area contributed by atoms with E-state index in [-0.39, 0.29) is 53.9 Å². The van der Waals surface area contributed by atoms with Gasteiger partial charge in [-0.3, -0.25) is 14.2 Å². The quantitative estimate of drug-likeness (QED) is 0.555. The first kappa shape index (κ1) is 25.6. The van der Waals surface area contributed by atoms with Gasteiger partial charge in [0.2, 0.25) is 5.91 Å². The number of alkyl halides is 1. The van der Waals surface area contributed by atoms with Gasteiger partial charge in [-0.05, 0) is 63.3 Å². The second kappa shape index (κ2) is 10.6. The minimum atomic E-state index is -1.30. The number of nitrogens with one attached hydrogen (secondary N) is 2. The Bertz CT molecular complexity index is 1050. The maximum Gasteiger partial charge on any atom is 0.330 e. The van der Waals surface area contributed by atoms with Gasteiger partial charge < -0.3 is 20.3 Å². The van der Waals surface area contributed by atoms with Crippen LogP contribution in [0.5, 0.6) is 0 Å². The lowest BCUT2D eigenvalue weighted by molar-refractivity contribution is -0.144. The van der Waals surface area contributed by atoms with Crippen molar-refractivity contribution in [3.05, 3.63) is 33.1 Å². The van der Waals surface area contributed by atoms with E-state index in [1.807, 2.05) is 0 Å². The third kappa shape index (κ3) is 5.22. The molecule has 7 unspecified atom stereocenters. The molecular formula is C25H37FN4O5. The van der Waals surface area contributed by atoms with Gasteiger partial charge in [-0.25, -0.2) is 14.0 Å². The summed E-state index contributed by atoms with van der Waals surface area (Å²) in [5.74, 6) is -2.26. The van der Waals surface area contributed by atoms with Crippen LogP contribution in [-0.2, 0) is 16.6 Å². The SMILES string of the molecule is CC1NCCC(F)C1C(=O)N[C@@H](CC1CCCC2C1CCCC2n1c(=O)ccn(C)c1=O)C(=O)O. The molecule has 35 heavy (non-hydrogen) atoms. The Kier molecular flexibility index (Phi) is 7.78. The molecule has 1 aliphatic heterocycles. The van der Waals surface area contributed by atoms with Crippen LogP contribution in [0.15, 0.2) is 21.9 Å². The lowest BCUT2D eigenvalue weighted by Crippen LogP contribution is -2.55. The topological polar surface area (TPSA) is 122 Å². The van der Waals surface area contributed by atoms with Crippen LogP contribution in [0.4, 0.5) is 4.39 Å². The van der Waals surface area contributed by atoms with E-state index in [1.165, 1.54) is 21.4 Å². The van der Waals surface area contributed by atoms with Crippen molar-refractivity contribution in [2.75, 3.05) is 6.54 Å². The third-order valence-electron chi connectivity index (χ3n) is 8.59. The summed E-state index contributed by atoms with van der Waals surface area (Å²) in [6.45, 7) is 2.24. The first-order valence-corrected chi connectivity index (χ1v) is 12.9. The monoisotopic (exact) mass is 492 g/mol. The van der Waals surface area contributed by atoms with Crippen LogP contribution in [0, 0.1) is 23.7 Å². The first-order chi connectivity index (χ1) is 16.7. The Morgan fingerprint density at radius 3 is 2.60 bits per heavy atom. The molecule has 194 valence electrons. The summed E-state index contributed by atoms with van der Waals surface area (Å²) in [6, 6.07) is -0.248. The Hall–Kier alpha value is -2.49. The van der Waals surface area contributed by atoms with Gasteiger partial charge in [0.25, 0.3) is 5.56 Å². The number of carboxylic acid groups (broad SMARTS) is 1. The molecule has 2 heterocycles. The largest absolute Gasteiger partial charge is 0.480 e. The molecule has 8 atom stereocenters. The summed E-state index contributed by atoms with van der Waals surface area (Å²) in [5, 5.41) is 15.6. The average Bonchev–Trinajstić information content (AvgIpc) is 2.81. The van der Waals surface area contributed by atoms with E-state index >= 15 is 0 Å². The zero-order valence-corrected chi connectivity index (χ0v) is 20.5. The zero-order valence-electron chi connectivity index (χ0n) is 20.5. The predicted octanol–water partition coefficient (Wildman–Crippen LogP) is 1.60. The lowest BCUT2D eigenvalue weighted by Gasteiger charge is -2.46. The molecule has 4 rings (SSSR count). The van der Waals surface area contributed by atoms with Crippen molar-refractivity contribution in [3.8, 4) is 0 Å². The number of aromatic nitrogens is 2. The number of carbonyl (C=O) groups excluding carboxylic acids is 1. The number of amides is 1. The summed E-state index contributed by atoms with van der Waals surface area (Å²) in [5.41, 5.74) is -0.621. The second-order valence-corrected chi connectivity index (χ2v) is 10.6. The molecule has 0 aromatic carbocycles. The van der Waals surface area contributed by atoms with Gasteiger partial charge in [-0.1, -0.05) is 19.3 Å². The maximum atomic E-state index is 14.5. The van der Waals surface area contributed by atoms with Crippen LogP contribution >= 0.6 is 0 Å². The van der Waals surface area contributed by atoms with Crippen molar-refractivity contribution in [1.82, 2.24) is 19.8 Å². The standard InChI is InChI=1S/C25H37FN4O5/c1-14-22(18(26)9-11-27-14)23(32)28-19(24(33)34)13-15-5-3-7-17-16(15)6-4-8-20(17)30-21(31)10-12-29(2)25(30)35/h10,12,14-20,22,27H,3-9,11,13H2,1-2H3,(H,28,32)(H,33,34)/t14?,15?,16?,17?,18?,19-,20?,22?/m0/s1. The summed E-state index contributed by atoms with van der Waals surface area (Å²) >= 11 is 0. The van der Waals surface area contributed by atoms with E-state index < -0.39 is 30.0 Å². The smallest absolute Gasteiger partial charge is 0.330 e. The van der Waals surface area contributed by atoms with Gasteiger partial charge in [0.1, 0.15) is 12.2 Å². The van der Waals surface area contributed by atoms with Crippen LogP contribution in [0.2, 0.25) is 0 Å². The maximum absolute atomic E-state index is 14.5. The number of aryl methyl sites for hydroxylation is 1. The van der Waals surface area contributed by atoms with E-state index in [4.69, 9.17) is 0 Å². The van der Waals surface area contributed by atoms with E-state index in [9.17, 15) is 28.7 Å². The zero-order chi connectivity index (χ0) is 25.3. The van der Waals surface area contributed by atoms with Crippen LogP contribution in [0.25, 0.3) is 0 Å². The third-order valence-corrected chi connectivity index (χ3v) is 8.59. The number of piperidine rings is 1. The molecule has 3 N–H and O–H groups in total. The fraction of sp³-hybridized carbons (Fsp3) is 0.760. The van der Waals surface area contributed by atoms with Crippen molar-refractivity contribution in [3.63, 3.8) is 0 Å². The van der Waals surface area contributed by atoms with Gasteiger partial charge in [0, 0.05) is 31.4 Å². The molecule has 3 fully saturated rings. The van der Waals surface area contributed by atoms with Crippen LogP contribution in [-0.4, -0.2) is 50.9 Å². The molecule has 3 aliphatic rings. The normalized spacial score (nSPS) is 34.0. The van der Waals surface area contributed by atoms with Crippen molar-refractivity contribution >= 4 is 11.9 Å². The van der Waals surface area contributed by atoms with Crippen molar-refractivity contribution in [2.45, 2.75) is 82.6 Å². The van der Waals surface area contributed by atoms with Crippen LogP contribution < -0.4 is 21.9 Å². The molecule has 2 saturated carbocycles. The molecular weight excluding hydrogens is 455 g/mol. The number of aliphatic carboxylic acids is 1. The second-order valence-electron chi connectivity index (χ2n) is 10.6. The highest BCUT2D eigenvalue weighted by molar-refractivity contribution is 5.85. The van der Waals surface area contributed by atoms with Crippen LogP contribution in [0.1, 0.15) is 64.3 Å². The van der Waals surface area contributed by atoms with Crippen LogP contribution in [0.3, 0.4) is 0 Å². The van der Waals surface area contributed by atoms with E-state index in [0.29, 0.717) is 6.54 Å². The minimum Gasteiger partial charge on any atom is -0.480 e. The van der Waals surface area contributed by atoms with E-state index in [0.717, 1.165) is 38.5 Å². The highest BCUT2D eigenvalue weighted by atomic mass is 19.1. The highest BCUT2D eigenvalue weighted by Crippen LogP contribution is 2.49. The van der Waals surface area contributed by atoms with E-state index in [2.05, 4.69) is 10.6 Å². The molecule has 0 bridgehead atoms. The summed E-state index contributed by atoms with van der Waals surface area (Å²) in [4.78, 5) is 50.4. The number of halogens is 1. The predicted molar refractivity (Wildman–Crippen MR) is 128 cm³/mol. The fourth-order valence-electron chi connectivity index (χ4n) is 6.85. The molecule has 1 amide bonds. The number of carboxylic acids is 1. The molecule has 10 heteroatoms. The number of nitrogens with zero attached hydrogens (tertiary/aromatic N) is 2. The summed E-state index contributed by atoms with van der Waals surface area (Å²) < 4.78 is 17.3. The van der Waals surface area contributed by atoms with Gasteiger partial charge in [0.05, 0.1) is 5.92 Å². The number of carbonyl (C=O) groups is 2. The van der Waals surface area contributed by atoms with Gasteiger partial charge >= 0.3 is 11.7 Å². The van der Waals surface area contributed by atoms with E-state index in [1.54, 1.807) is 14.0 Å². The molecule has 0 spiro atoms. The molecule has 9 nitrogen and oxygen atoms in total. The van der Waals surface area contributed by atoms with Crippen molar-refractivity contribution < 1.29 is 19.1 Å². The molecule has 1 saturated heterocycles. The van der Waals surface area contributed by atoms with Gasteiger partial charge in [-0.15, -0.1) is 0 Å². The Labute approximate surface area is 204 Å². The Morgan fingerprint density at radius 2 is 1.89 bits per heavy atom. The van der Waals surface area contributed by atoms with Gasteiger partial charge in [-0.2, -0.15) is 0 Å². The number of rotatable bonds is 6. The fourth-order valence-corrected chi connectivity index (χ4v) is 6.85. The molecule has 1 aromatic rings. The molecule has 0 radical (unpaired) electrons. The van der Waals surface area contributed by atoms with Crippen molar-refractivity contribution in [1.29, 1.82) is 0 Å². The Morgan fingerprint density at radius 1 is 1.17 bits per heavy atom. The Balaban J connectivity index is 1.51. The average molecular weight is 493 g/mol. The summed E-state index contributed by atoms with van der Waals surface area (Å²) in [7, 11) is 1.63. The highest BCUT2D eigenvalue weighted by Gasteiger charge is 2.44. The number of fused-ring (bicyclic) bond motifs is 1. The molecule has 1 aromatic heterocycles. The number of hydrogen-bond acceptors (Lipinski definition) is 5. The van der Waals surface area contributed by atoms with Gasteiger partial charge in [0.15, 0.2) is 0 Å². The lowest BCUT2D eigenvalue weighted by atomic mass is 9.62.